The fourth-order valence-corrected chi connectivity index (χ4v) is 3.29. The first-order chi connectivity index (χ1) is 10.7. The molecule has 0 fully saturated rings. The number of hydrogen-bond donors (Lipinski definition) is 0. The largest absolute Gasteiger partial charge is 0.232 e. The number of aliphatic imine (C=N–C) groups is 2. The standard InChI is InChI=1S/C12H6Br2N6S2/c13-9-17-19-11(21-9)15-5-7-1-2-8(4-3-7)6-16-12-20-18-10(14)22-12/h1-6H. The molecule has 3 aromatic rings. The maximum absolute atomic E-state index is 4.26. The van der Waals surface area contributed by atoms with Crippen molar-refractivity contribution in [2.75, 3.05) is 0 Å². The highest BCUT2D eigenvalue weighted by Gasteiger charge is 1.99. The number of hydrogen-bond acceptors (Lipinski definition) is 8. The van der Waals surface area contributed by atoms with Crippen LogP contribution >= 0.6 is 54.5 Å². The van der Waals surface area contributed by atoms with Gasteiger partial charge in [-0.15, -0.1) is 20.4 Å². The Bertz CT molecular complexity index is 755. The van der Waals surface area contributed by atoms with Crippen molar-refractivity contribution in [3.05, 3.63) is 43.2 Å². The van der Waals surface area contributed by atoms with Crippen LogP contribution in [0.4, 0.5) is 10.3 Å². The van der Waals surface area contributed by atoms with E-state index in [1.165, 1.54) is 22.7 Å². The maximum Gasteiger partial charge on any atom is 0.232 e. The van der Waals surface area contributed by atoms with Gasteiger partial charge in [-0.2, -0.15) is 0 Å². The Morgan fingerprint density at radius 3 is 1.45 bits per heavy atom. The summed E-state index contributed by atoms with van der Waals surface area (Å²) in [5.41, 5.74) is 1.95. The summed E-state index contributed by atoms with van der Waals surface area (Å²) in [6.45, 7) is 0. The molecule has 0 spiro atoms. The lowest BCUT2D eigenvalue weighted by Gasteiger charge is -1.94. The van der Waals surface area contributed by atoms with E-state index in [4.69, 9.17) is 0 Å². The molecule has 0 unspecified atom stereocenters. The first-order valence-electron chi connectivity index (χ1n) is 5.85. The third-order valence-electron chi connectivity index (χ3n) is 2.36. The average Bonchev–Trinajstić information content (AvgIpc) is 3.12. The van der Waals surface area contributed by atoms with Crippen molar-refractivity contribution >= 4 is 77.2 Å². The summed E-state index contributed by atoms with van der Waals surface area (Å²) in [7, 11) is 0. The first-order valence-corrected chi connectivity index (χ1v) is 9.07. The van der Waals surface area contributed by atoms with E-state index in [1.54, 1.807) is 12.4 Å². The third-order valence-corrected chi connectivity index (χ3v) is 4.89. The van der Waals surface area contributed by atoms with E-state index < -0.39 is 0 Å². The lowest BCUT2D eigenvalue weighted by atomic mass is 10.2. The molecule has 110 valence electrons. The van der Waals surface area contributed by atoms with E-state index in [1.807, 2.05) is 24.3 Å². The highest BCUT2D eigenvalue weighted by molar-refractivity contribution is 9.11. The molecule has 0 aliphatic heterocycles. The van der Waals surface area contributed by atoms with Crippen molar-refractivity contribution in [3.8, 4) is 0 Å². The van der Waals surface area contributed by atoms with Crippen LogP contribution < -0.4 is 0 Å². The van der Waals surface area contributed by atoms with Crippen molar-refractivity contribution in [3.63, 3.8) is 0 Å². The van der Waals surface area contributed by atoms with Crippen LogP contribution in [0.3, 0.4) is 0 Å². The second-order valence-electron chi connectivity index (χ2n) is 3.86. The maximum atomic E-state index is 4.26. The molecule has 0 saturated heterocycles. The zero-order chi connectivity index (χ0) is 15.4. The molecule has 0 aliphatic carbocycles. The Kier molecular flexibility index (Phi) is 5.13. The van der Waals surface area contributed by atoms with Gasteiger partial charge < -0.3 is 0 Å². The Morgan fingerprint density at radius 2 is 1.14 bits per heavy atom. The molecule has 0 atom stereocenters. The van der Waals surface area contributed by atoms with Gasteiger partial charge in [-0.05, 0) is 43.0 Å². The van der Waals surface area contributed by atoms with Crippen LogP contribution in [0.1, 0.15) is 11.1 Å². The zero-order valence-electron chi connectivity index (χ0n) is 10.7. The van der Waals surface area contributed by atoms with Gasteiger partial charge >= 0.3 is 0 Å². The normalized spacial score (nSPS) is 11.7. The monoisotopic (exact) mass is 456 g/mol. The van der Waals surface area contributed by atoms with Gasteiger partial charge in [-0.25, -0.2) is 9.98 Å². The Hall–Kier alpha value is -1.36. The van der Waals surface area contributed by atoms with Crippen molar-refractivity contribution in [2.24, 2.45) is 9.98 Å². The summed E-state index contributed by atoms with van der Waals surface area (Å²) in [4.78, 5) is 8.52. The summed E-state index contributed by atoms with van der Waals surface area (Å²) < 4.78 is 1.43. The summed E-state index contributed by atoms with van der Waals surface area (Å²) >= 11 is 9.26. The highest BCUT2D eigenvalue weighted by atomic mass is 79.9. The molecular formula is C12H6Br2N6S2. The second-order valence-corrected chi connectivity index (χ2v) is 8.32. The number of nitrogens with zero attached hydrogens (tertiary/aromatic N) is 6. The second kappa shape index (κ2) is 7.27. The number of rotatable bonds is 4. The van der Waals surface area contributed by atoms with Crippen LogP contribution in [0, 0.1) is 0 Å². The molecule has 0 N–H and O–H groups in total. The van der Waals surface area contributed by atoms with E-state index >= 15 is 0 Å². The molecule has 0 saturated carbocycles. The molecule has 10 heteroatoms. The lowest BCUT2D eigenvalue weighted by Crippen LogP contribution is -1.84. The molecule has 6 nitrogen and oxygen atoms in total. The summed E-state index contributed by atoms with van der Waals surface area (Å²) in [5, 5.41) is 16.7. The molecule has 1 aromatic carbocycles. The summed E-state index contributed by atoms with van der Waals surface area (Å²) in [6, 6.07) is 7.82. The van der Waals surface area contributed by atoms with Gasteiger partial charge in [0.25, 0.3) is 0 Å². The van der Waals surface area contributed by atoms with E-state index in [2.05, 4.69) is 62.2 Å². The van der Waals surface area contributed by atoms with Gasteiger partial charge in [-0.3, -0.25) is 0 Å². The Balaban J connectivity index is 1.67. The third kappa shape index (κ3) is 4.32. The van der Waals surface area contributed by atoms with Crippen molar-refractivity contribution in [1.82, 2.24) is 20.4 Å². The minimum absolute atomic E-state index is 0.611. The Morgan fingerprint density at radius 1 is 0.727 bits per heavy atom. The molecular weight excluding hydrogens is 452 g/mol. The predicted molar refractivity (Wildman–Crippen MR) is 96.2 cm³/mol. The van der Waals surface area contributed by atoms with E-state index in [0.29, 0.717) is 10.3 Å². The van der Waals surface area contributed by atoms with E-state index in [0.717, 1.165) is 19.0 Å². The molecule has 2 aromatic heterocycles. The fourth-order valence-electron chi connectivity index (χ4n) is 1.43. The van der Waals surface area contributed by atoms with Crippen molar-refractivity contribution < 1.29 is 0 Å². The van der Waals surface area contributed by atoms with E-state index in [-0.39, 0.29) is 0 Å². The fraction of sp³-hybridized carbons (Fsp3) is 0. The summed E-state index contributed by atoms with van der Waals surface area (Å²) in [5.74, 6) is 0. The van der Waals surface area contributed by atoms with Crippen molar-refractivity contribution in [1.29, 1.82) is 0 Å². The van der Waals surface area contributed by atoms with Gasteiger partial charge in [0.15, 0.2) is 7.83 Å². The minimum Gasteiger partial charge on any atom is -0.226 e. The molecule has 0 radical (unpaired) electrons. The highest BCUT2D eigenvalue weighted by Crippen LogP contribution is 2.23. The Labute approximate surface area is 150 Å². The van der Waals surface area contributed by atoms with Crippen LogP contribution in [0.2, 0.25) is 0 Å². The lowest BCUT2D eigenvalue weighted by molar-refractivity contribution is 1.07. The molecule has 0 bridgehead atoms. The van der Waals surface area contributed by atoms with Gasteiger partial charge in [0.05, 0.1) is 0 Å². The average molecular weight is 458 g/mol. The van der Waals surface area contributed by atoms with Crippen LogP contribution in [0.15, 0.2) is 42.1 Å². The summed E-state index contributed by atoms with van der Waals surface area (Å²) in [6.07, 6.45) is 3.49. The SMILES string of the molecule is Brc1nnc(N=Cc2ccc(C=Nc3nnc(Br)s3)cc2)s1. The quantitative estimate of drug-likeness (QED) is 0.543. The molecule has 0 aliphatic rings. The van der Waals surface area contributed by atoms with Crippen LogP contribution in [-0.2, 0) is 0 Å². The van der Waals surface area contributed by atoms with Gasteiger partial charge in [0.2, 0.25) is 10.3 Å². The van der Waals surface area contributed by atoms with Gasteiger partial charge in [-0.1, -0.05) is 46.9 Å². The zero-order valence-corrected chi connectivity index (χ0v) is 15.5. The molecule has 3 rings (SSSR count). The van der Waals surface area contributed by atoms with Gasteiger partial charge in [0, 0.05) is 12.4 Å². The molecule has 0 amide bonds. The predicted octanol–water partition coefficient (Wildman–Crippen LogP) is 4.42. The smallest absolute Gasteiger partial charge is 0.226 e. The first kappa shape index (κ1) is 15.5. The number of benzene rings is 1. The molecule has 2 heterocycles. The molecule has 22 heavy (non-hydrogen) atoms. The van der Waals surface area contributed by atoms with Crippen LogP contribution in [0.5, 0.6) is 0 Å². The van der Waals surface area contributed by atoms with Crippen molar-refractivity contribution in [2.45, 2.75) is 0 Å². The minimum atomic E-state index is 0.611. The number of aromatic nitrogens is 4. The number of halogens is 2. The van der Waals surface area contributed by atoms with E-state index in [9.17, 15) is 0 Å². The van der Waals surface area contributed by atoms with Gasteiger partial charge in [0.1, 0.15) is 0 Å². The van der Waals surface area contributed by atoms with Crippen LogP contribution in [0.25, 0.3) is 0 Å². The van der Waals surface area contributed by atoms with Crippen LogP contribution in [-0.4, -0.2) is 32.8 Å². The topological polar surface area (TPSA) is 76.3 Å².